The Morgan fingerprint density at radius 3 is 2.59 bits per heavy atom. The molecule has 3 nitrogen and oxygen atoms in total. The third-order valence-corrected chi connectivity index (χ3v) is 2.63. The van der Waals surface area contributed by atoms with E-state index in [1.165, 1.54) is 0 Å². The summed E-state index contributed by atoms with van der Waals surface area (Å²) in [6.07, 6.45) is 1.09. The fraction of sp³-hybridized carbons (Fsp3) is 0.364. The van der Waals surface area contributed by atoms with Crippen molar-refractivity contribution in [1.82, 2.24) is 5.32 Å². The highest BCUT2D eigenvalue weighted by molar-refractivity contribution is 5.78. The van der Waals surface area contributed by atoms with Crippen LogP contribution in [-0.4, -0.2) is 18.5 Å². The van der Waals surface area contributed by atoms with E-state index in [1.807, 2.05) is 0 Å². The van der Waals surface area contributed by atoms with Crippen molar-refractivity contribution in [3.8, 4) is 0 Å². The Labute approximate surface area is 96.0 Å². The molecular formula is C11H11F3N2O. The van der Waals surface area contributed by atoms with Gasteiger partial charge in [0, 0.05) is 31.1 Å². The van der Waals surface area contributed by atoms with Gasteiger partial charge in [-0.1, -0.05) is 0 Å². The Balaban J connectivity index is 1.99. The smallest absolute Gasteiger partial charge is 0.220 e. The highest BCUT2D eigenvalue weighted by Crippen LogP contribution is 2.19. The van der Waals surface area contributed by atoms with Crippen LogP contribution in [0.2, 0.25) is 0 Å². The van der Waals surface area contributed by atoms with E-state index < -0.39 is 17.5 Å². The molecule has 2 N–H and O–H groups in total. The van der Waals surface area contributed by atoms with Crippen molar-refractivity contribution in [3.63, 3.8) is 0 Å². The average molecular weight is 244 g/mol. The molecule has 1 aromatic carbocycles. The summed E-state index contributed by atoms with van der Waals surface area (Å²) in [6, 6.07) is 1.15. The van der Waals surface area contributed by atoms with Gasteiger partial charge in [-0.05, 0) is 6.42 Å². The SMILES string of the molecule is O=C1CCC(CNc2cc(F)c(F)cc2F)N1. The second-order valence-electron chi connectivity index (χ2n) is 3.93. The summed E-state index contributed by atoms with van der Waals surface area (Å²) < 4.78 is 38.7. The molecule has 1 aromatic rings. The predicted molar refractivity (Wildman–Crippen MR) is 56.0 cm³/mol. The van der Waals surface area contributed by atoms with Gasteiger partial charge in [0.15, 0.2) is 11.6 Å². The van der Waals surface area contributed by atoms with Crippen molar-refractivity contribution < 1.29 is 18.0 Å². The summed E-state index contributed by atoms with van der Waals surface area (Å²) in [7, 11) is 0. The van der Waals surface area contributed by atoms with E-state index in [1.54, 1.807) is 0 Å². The van der Waals surface area contributed by atoms with Crippen molar-refractivity contribution in [2.24, 2.45) is 0 Å². The molecule has 0 radical (unpaired) electrons. The van der Waals surface area contributed by atoms with Crippen molar-refractivity contribution in [2.45, 2.75) is 18.9 Å². The number of carbonyl (C=O) groups is 1. The summed E-state index contributed by atoms with van der Waals surface area (Å²) in [6.45, 7) is 0.285. The molecule has 17 heavy (non-hydrogen) atoms. The summed E-state index contributed by atoms with van der Waals surface area (Å²) >= 11 is 0. The number of carbonyl (C=O) groups excluding carboxylic acids is 1. The second-order valence-corrected chi connectivity index (χ2v) is 3.93. The number of anilines is 1. The summed E-state index contributed by atoms with van der Waals surface area (Å²) in [5.74, 6) is -3.23. The molecule has 92 valence electrons. The lowest BCUT2D eigenvalue weighted by molar-refractivity contribution is -0.119. The van der Waals surface area contributed by atoms with Crippen molar-refractivity contribution in [3.05, 3.63) is 29.6 Å². The standard InChI is InChI=1S/C11H11F3N2O/c12-7-3-9(14)10(4-8(7)13)15-5-6-1-2-11(17)16-6/h3-4,6,15H,1-2,5H2,(H,16,17). The minimum atomic E-state index is -1.22. The molecule has 0 aliphatic carbocycles. The van der Waals surface area contributed by atoms with Gasteiger partial charge in [0.1, 0.15) is 5.82 Å². The van der Waals surface area contributed by atoms with Crippen molar-refractivity contribution >= 4 is 11.6 Å². The molecule has 1 unspecified atom stereocenters. The molecule has 1 atom stereocenters. The van der Waals surface area contributed by atoms with E-state index in [-0.39, 0.29) is 24.2 Å². The quantitative estimate of drug-likeness (QED) is 0.796. The fourth-order valence-electron chi connectivity index (χ4n) is 1.72. The van der Waals surface area contributed by atoms with Crippen LogP contribution in [0.4, 0.5) is 18.9 Å². The lowest BCUT2D eigenvalue weighted by Crippen LogP contribution is -2.32. The first-order chi connectivity index (χ1) is 8.06. The van der Waals surface area contributed by atoms with E-state index in [2.05, 4.69) is 10.6 Å². The zero-order valence-corrected chi connectivity index (χ0v) is 8.90. The number of halogens is 3. The molecule has 2 rings (SSSR count). The Morgan fingerprint density at radius 1 is 1.24 bits per heavy atom. The van der Waals surface area contributed by atoms with E-state index in [0.717, 1.165) is 6.07 Å². The van der Waals surface area contributed by atoms with Crippen LogP contribution in [0.15, 0.2) is 12.1 Å². The monoisotopic (exact) mass is 244 g/mol. The van der Waals surface area contributed by atoms with Gasteiger partial charge in [0.05, 0.1) is 5.69 Å². The van der Waals surface area contributed by atoms with Gasteiger partial charge in [-0.2, -0.15) is 0 Å². The average Bonchev–Trinajstić information content (AvgIpc) is 2.68. The Kier molecular flexibility index (Phi) is 3.21. The van der Waals surface area contributed by atoms with Crippen LogP contribution in [0.5, 0.6) is 0 Å². The number of benzene rings is 1. The fourth-order valence-corrected chi connectivity index (χ4v) is 1.72. The van der Waals surface area contributed by atoms with E-state index in [4.69, 9.17) is 0 Å². The summed E-state index contributed by atoms with van der Waals surface area (Å²) in [5, 5.41) is 5.32. The van der Waals surface area contributed by atoms with Crippen LogP contribution in [0, 0.1) is 17.5 Å². The maximum absolute atomic E-state index is 13.2. The number of hydrogen-bond acceptors (Lipinski definition) is 2. The molecule has 1 aliphatic heterocycles. The first-order valence-electron chi connectivity index (χ1n) is 5.24. The van der Waals surface area contributed by atoms with Crippen LogP contribution in [0.25, 0.3) is 0 Å². The Hall–Kier alpha value is -1.72. The van der Waals surface area contributed by atoms with Gasteiger partial charge >= 0.3 is 0 Å². The number of hydrogen-bond donors (Lipinski definition) is 2. The minimum absolute atomic E-state index is 0.0532. The van der Waals surface area contributed by atoms with E-state index in [9.17, 15) is 18.0 Å². The second kappa shape index (κ2) is 4.65. The highest BCUT2D eigenvalue weighted by atomic mass is 19.2. The van der Waals surface area contributed by atoms with Gasteiger partial charge < -0.3 is 10.6 Å². The summed E-state index contributed by atoms with van der Waals surface area (Å²) in [4.78, 5) is 10.9. The van der Waals surface area contributed by atoms with Crippen molar-refractivity contribution in [2.75, 3.05) is 11.9 Å². The molecule has 1 fully saturated rings. The largest absolute Gasteiger partial charge is 0.381 e. The highest BCUT2D eigenvalue weighted by Gasteiger charge is 2.20. The lowest BCUT2D eigenvalue weighted by Gasteiger charge is -2.13. The van der Waals surface area contributed by atoms with E-state index in [0.29, 0.717) is 18.9 Å². The number of amides is 1. The zero-order valence-electron chi connectivity index (χ0n) is 8.90. The molecule has 1 saturated heterocycles. The predicted octanol–water partition coefficient (Wildman–Crippen LogP) is 1.79. The zero-order chi connectivity index (χ0) is 12.4. The van der Waals surface area contributed by atoms with Crippen LogP contribution in [0.1, 0.15) is 12.8 Å². The molecule has 0 spiro atoms. The van der Waals surface area contributed by atoms with Crippen LogP contribution in [-0.2, 0) is 4.79 Å². The number of rotatable bonds is 3. The molecule has 0 aromatic heterocycles. The molecule has 1 aliphatic rings. The normalized spacial score (nSPS) is 19.2. The van der Waals surface area contributed by atoms with Gasteiger partial charge in [-0.15, -0.1) is 0 Å². The molecule has 0 bridgehead atoms. The molecule has 1 heterocycles. The first-order valence-corrected chi connectivity index (χ1v) is 5.24. The molecule has 1 amide bonds. The lowest BCUT2D eigenvalue weighted by atomic mass is 10.2. The third-order valence-electron chi connectivity index (χ3n) is 2.63. The molecule has 0 saturated carbocycles. The maximum Gasteiger partial charge on any atom is 0.220 e. The first kappa shape index (κ1) is 11.8. The number of nitrogens with one attached hydrogen (secondary N) is 2. The Bertz CT molecular complexity index is 451. The van der Waals surface area contributed by atoms with Crippen molar-refractivity contribution in [1.29, 1.82) is 0 Å². The minimum Gasteiger partial charge on any atom is -0.381 e. The van der Waals surface area contributed by atoms with Gasteiger partial charge in [-0.3, -0.25) is 4.79 Å². The summed E-state index contributed by atoms with van der Waals surface area (Å²) in [5.41, 5.74) is -0.106. The Morgan fingerprint density at radius 2 is 1.94 bits per heavy atom. The molecule has 6 heteroatoms. The molecular weight excluding hydrogens is 233 g/mol. The van der Waals surface area contributed by atoms with Crippen LogP contribution < -0.4 is 10.6 Å². The topological polar surface area (TPSA) is 41.1 Å². The van der Waals surface area contributed by atoms with Gasteiger partial charge in [0.2, 0.25) is 5.91 Å². The van der Waals surface area contributed by atoms with Crippen LogP contribution in [0.3, 0.4) is 0 Å². The third kappa shape index (κ3) is 2.69. The van der Waals surface area contributed by atoms with Crippen LogP contribution >= 0.6 is 0 Å². The van der Waals surface area contributed by atoms with E-state index >= 15 is 0 Å². The maximum atomic E-state index is 13.2. The van der Waals surface area contributed by atoms with Gasteiger partial charge in [-0.25, -0.2) is 13.2 Å². The van der Waals surface area contributed by atoms with Gasteiger partial charge in [0.25, 0.3) is 0 Å².